The number of carbonyl (C=O) groups is 2. The summed E-state index contributed by atoms with van der Waals surface area (Å²) in [5.74, 6) is -1.08. The molecule has 0 unspecified atom stereocenters. The number of carbonyl (C=O) groups excluding carboxylic acids is 2. The van der Waals surface area contributed by atoms with Crippen molar-refractivity contribution in [2.75, 3.05) is 19.7 Å². The van der Waals surface area contributed by atoms with Gasteiger partial charge >= 0.3 is 5.97 Å². The van der Waals surface area contributed by atoms with Crippen LogP contribution in [0.1, 0.15) is 23.7 Å². The summed E-state index contributed by atoms with van der Waals surface area (Å²) in [5, 5.41) is 9.96. The summed E-state index contributed by atoms with van der Waals surface area (Å²) in [6, 6.07) is 18.6. The van der Waals surface area contributed by atoms with Crippen molar-refractivity contribution in [3.05, 3.63) is 77.9 Å². The maximum Gasteiger partial charge on any atom is 0.340 e. The third kappa shape index (κ3) is 4.37. The van der Waals surface area contributed by atoms with Crippen molar-refractivity contribution in [1.82, 2.24) is 4.90 Å². The molecule has 3 rings (SSSR count). The van der Waals surface area contributed by atoms with E-state index in [1.54, 1.807) is 35.2 Å². The Morgan fingerprint density at radius 3 is 2.31 bits per heavy atom. The lowest BCUT2D eigenvalue weighted by atomic mass is 10.00. The minimum absolute atomic E-state index is 0.262. The molecule has 0 fully saturated rings. The maximum atomic E-state index is 12.2. The minimum Gasteiger partial charge on any atom is -0.453 e. The summed E-state index contributed by atoms with van der Waals surface area (Å²) in [7, 11) is 0. The Balaban J connectivity index is 1.50. The van der Waals surface area contributed by atoms with Gasteiger partial charge in [0.1, 0.15) is 0 Å². The van der Waals surface area contributed by atoms with Crippen LogP contribution in [0.2, 0.25) is 0 Å². The van der Waals surface area contributed by atoms with E-state index in [2.05, 4.69) is 12.1 Å². The molecule has 0 saturated carbocycles. The molecule has 134 valence electrons. The first-order valence-electron chi connectivity index (χ1n) is 8.57. The predicted octanol–water partition coefficient (Wildman–Crippen LogP) is 2.58. The van der Waals surface area contributed by atoms with Gasteiger partial charge in [0.05, 0.1) is 0 Å². The largest absolute Gasteiger partial charge is 0.453 e. The van der Waals surface area contributed by atoms with Crippen molar-refractivity contribution in [2.24, 2.45) is 0 Å². The van der Waals surface area contributed by atoms with Crippen molar-refractivity contribution in [1.29, 1.82) is 0 Å². The number of rotatable bonds is 5. The van der Waals surface area contributed by atoms with Gasteiger partial charge in [-0.2, -0.15) is 0 Å². The SMILES string of the molecule is O=C(OCC(=O)N1CC=C(c2ccccc2)CC1)[C@@H](O)c1ccccc1. The van der Waals surface area contributed by atoms with E-state index < -0.39 is 12.1 Å². The fraction of sp³-hybridized carbons (Fsp3) is 0.238. The Kier molecular flexibility index (Phi) is 5.81. The Bertz CT molecular complexity index is 786. The molecule has 5 heteroatoms. The number of esters is 1. The van der Waals surface area contributed by atoms with E-state index >= 15 is 0 Å². The molecule has 1 aliphatic heterocycles. The fourth-order valence-electron chi connectivity index (χ4n) is 2.88. The highest BCUT2D eigenvalue weighted by molar-refractivity contribution is 5.83. The molecule has 1 amide bonds. The van der Waals surface area contributed by atoms with Gasteiger partial charge in [0, 0.05) is 13.1 Å². The molecule has 0 aromatic heterocycles. The Morgan fingerprint density at radius 1 is 1.04 bits per heavy atom. The van der Waals surface area contributed by atoms with E-state index in [0.29, 0.717) is 18.7 Å². The Morgan fingerprint density at radius 2 is 1.69 bits per heavy atom. The van der Waals surface area contributed by atoms with Gasteiger partial charge < -0.3 is 14.7 Å². The van der Waals surface area contributed by atoms with Crippen LogP contribution in [0, 0.1) is 0 Å². The van der Waals surface area contributed by atoms with Crippen LogP contribution in [0.5, 0.6) is 0 Å². The lowest BCUT2D eigenvalue weighted by Crippen LogP contribution is -2.38. The molecule has 2 aromatic rings. The average molecular weight is 351 g/mol. The second-order valence-electron chi connectivity index (χ2n) is 6.11. The molecule has 1 aliphatic rings. The highest BCUT2D eigenvalue weighted by atomic mass is 16.5. The van der Waals surface area contributed by atoms with Crippen LogP contribution in [0.3, 0.4) is 0 Å². The number of nitrogens with zero attached hydrogens (tertiary/aromatic N) is 1. The third-order valence-corrected chi connectivity index (χ3v) is 4.38. The van der Waals surface area contributed by atoms with Crippen molar-refractivity contribution in [2.45, 2.75) is 12.5 Å². The van der Waals surface area contributed by atoms with Crippen LogP contribution >= 0.6 is 0 Å². The van der Waals surface area contributed by atoms with Crippen LogP contribution in [-0.2, 0) is 14.3 Å². The standard InChI is InChI=1S/C21H21NO4/c23-19(15-26-21(25)20(24)18-9-5-2-6-10-18)22-13-11-17(12-14-22)16-7-3-1-4-8-16/h1-11,20,24H,12-15H2/t20-/m0/s1. The van der Waals surface area contributed by atoms with E-state index in [0.717, 1.165) is 12.0 Å². The second kappa shape index (κ2) is 8.45. The third-order valence-electron chi connectivity index (χ3n) is 4.38. The van der Waals surface area contributed by atoms with Crippen LogP contribution in [0.15, 0.2) is 66.7 Å². The molecule has 0 aliphatic carbocycles. The van der Waals surface area contributed by atoms with Crippen LogP contribution in [0.4, 0.5) is 0 Å². The molecule has 0 spiro atoms. The van der Waals surface area contributed by atoms with Gasteiger partial charge in [-0.3, -0.25) is 4.79 Å². The first-order chi connectivity index (χ1) is 12.6. The molecule has 0 bridgehead atoms. The van der Waals surface area contributed by atoms with E-state index in [-0.39, 0.29) is 12.5 Å². The lowest BCUT2D eigenvalue weighted by molar-refractivity contribution is -0.159. The summed E-state index contributed by atoms with van der Waals surface area (Å²) in [6.07, 6.45) is 1.41. The van der Waals surface area contributed by atoms with Gasteiger partial charge in [0.25, 0.3) is 5.91 Å². The number of hydrogen-bond donors (Lipinski definition) is 1. The first-order valence-corrected chi connectivity index (χ1v) is 8.57. The predicted molar refractivity (Wildman–Crippen MR) is 98.0 cm³/mol. The normalized spacial score (nSPS) is 15.1. The maximum absolute atomic E-state index is 12.2. The molecule has 5 nitrogen and oxygen atoms in total. The second-order valence-corrected chi connectivity index (χ2v) is 6.11. The lowest BCUT2D eigenvalue weighted by Gasteiger charge is -2.26. The molecule has 2 aromatic carbocycles. The highest BCUT2D eigenvalue weighted by Crippen LogP contribution is 2.22. The van der Waals surface area contributed by atoms with Gasteiger partial charge in [-0.25, -0.2) is 4.79 Å². The van der Waals surface area contributed by atoms with E-state index in [1.807, 2.05) is 24.3 Å². The van der Waals surface area contributed by atoms with Crippen molar-refractivity contribution in [3.8, 4) is 0 Å². The molecule has 1 N–H and O–H groups in total. The van der Waals surface area contributed by atoms with Gasteiger partial charge in [0.15, 0.2) is 12.7 Å². The summed E-state index contributed by atoms with van der Waals surface area (Å²) < 4.78 is 4.98. The van der Waals surface area contributed by atoms with Crippen LogP contribution in [0.25, 0.3) is 5.57 Å². The quantitative estimate of drug-likeness (QED) is 0.841. The molecular formula is C21H21NO4. The van der Waals surface area contributed by atoms with Gasteiger partial charge in [0.2, 0.25) is 0 Å². The Labute approximate surface area is 152 Å². The number of aliphatic hydroxyl groups excluding tert-OH is 1. The van der Waals surface area contributed by atoms with E-state index in [4.69, 9.17) is 4.74 Å². The molecular weight excluding hydrogens is 330 g/mol. The van der Waals surface area contributed by atoms with E-state index in [1.165, 1.54) is 5.57 Å². The van der Waals surface area contributed by atoms with E-state index in [9.17, 15) is 14.7 Å². The summed E-state index contributed by atoms with van der Waals surface area (Å²) in [4.78, 5) is 25.8. The van der Waals surface area contributed by atoms with Crippen LogP contribution < -0.4 is 0 Å². The molecule has 1 heterocycles. The number of hydrogen-bond acceptors (Lipinski definition) is 4. The number of ether oxygens (including phenoxy) is 1. The van der Waals surface area contributed by atoms with Crippen molar-refractivity contribution in [3.63, 3.8) is 0 Å². The van der Waals surface area contributed by atoms with Gasteiger partial charge in [-0.15, -0.1) is 0 Å². The molecule has 1 atom stereocenters. The summed E-state index contributed by atoms with van der Waals surface area (Å²) >= 11 is 0. The zero-order valence-corrected chi connectivity index (χ0v) is 14.4. The molecule has 0 radical (unpaired) electrons. The Hall–Kier alpha value is -2.92. The smallest absolute Gasteiger partial charge is 0.340 e. The van der Waals surface area contributed by atoms with Crippen molar-refractivity contribution >= 4 is 17.4 Å². The monoisotopic (exact) mass is 351 g/mol. The molecule has 0 saturated heterocycles. The topological polar surface area (TPSA) is 66.8 Å². The van der Waals surface area contributed by atoms with Gasteiger partial charge in [-0.1, -0.05) is 66.7 Å². The van der Waals surface area contributed by atoms with Crippen molar-refractivity contribution < 1.29 is 19.4 Å². The molecule has 26 heavy (non-hydrogen) atoms. The average Bonchev–Trinajstić information content (AvgIpc) is 2.72. The zero-order valence-electron chi connectivity index (χ0n) is 14.4. The van der Waals surface area contributed by atoms with Crippen LogP contribution in [-0.4, -0.2) is 41.6 Å². The van der Waals surface area contributed by atoms with Gasteiger partial charge in [-0.05, 0) is 23.1 Å². The highest BCUT2D eigenvalue weighted by Gasteiger charge is 2.22. The summed E-state index contributed by atoms with van der Waals surface area (Å²) in [5.41, 5.74) is 2.82. The first kappa shape index (κ1) is 17.9. The number of benzene rings is 2. The number of amides is 1. The summed E-state index contributed by atoms with van der Waals surface area (Å²) in [6.45, 7) is 0.706. The number of aliphatic hydroxyl groups is 1. The zero-order chi connectivity index (χ0) is 18.4. The minimum atomic E-state index is -1.38. The fourth-order valence-corrected chi connectivity index (χ4v) is 2.88.